The number of rotatable bonds is 4. The summed E-state index contributed by atoms with van der Waals surface area (Å²) >= 11 is 5.63. The second-order valence-corrected chi connectivity index (χ2v) is 3.67. The summed E-state index contributed by atoms with van der Waals surface area (Å²) in [5.41, 5.74) is 5.02. The predicted molar refractivity (Wildman–Crippen MR) is 55.8 cm³/mol. The number of benzene rings is 1. The summed E-state index contributed by atoms with van der Waals surface area (Å²) < 4.78 is 24.4. The van der Waals surface area contributed by atoms with Gasteiger partial charge >= 0.3 is 0 Å². The predicted octanol–water partition coefficient (Wildman–Crippen LogP) is 2.38. The van der Waals surface area contributed by atoms with Gasteiger partial charge in [0.15, 0.2) is 0 Å². The zero-order chi connectivity index (χ0) is 12.3. The Balaban J connectivity index is 3.01. The van der Waals surface area contributed by atoms with Gasteiger partial charge < -0.3 is 5.73 Å². The van der Waals surface area contributed by atoms with E-state index in [9.17, 15) is 18.9 Å². The van der Waals surface area contributed by atoms with Gasteiger partial charge in [-0.25, -0.2) is 8.78 Å². The highest BCUT2D eigenvalue weighted by molar-refractivity contribution is 6.30. The van der Waals surface area contributed by atoms with Crippen molar-refractivity contribution in [1.82, 2.24) is 0 Å². The van der Waals surface area contributed by atoms with Crippen LogP contribution in [0.3, 0.4) is 0 Å². The first kappa shape index (κ1) is 12.8. The van der Waals surface area contributed by atoms with Crippen LogP contribution in [0.2, 0.25) is 5.02 Å². The van der Waals surface area contributed by atoms with E-state index in [0.29, 0.717) is 0 Å². The Hall–Kier alpha value is -1.27. The van der Waals surface area contributed by atoms with Crippen LogP contribution >= 0.6 is 11.6 Å². The molecule has 0 aliphatic heterocycles. The molecule has 0 aliphatic carbocycles. The standard InChI is InChI=1S/C9H9ClF2N2O2/c10-6-1-2-8(14(15)16)5(3-6)4-7(13)9(11)12/h1-3,7,9H,4,13H2. The average molecular weight is 251 g/mol. The lowest BCUT2D eigenvalue weighted by atomic mass is 10.1. The molecule has 7 heteroatoms. The molecule has 1 atom stereocenters. The van der Waals surface area contributed by atoms with Gasteiger partial charge in [-0.2, -0.15) is 0 Å². The summed E-state index contributed by atoms with van der Waals surface area (Å²) in [5.74, 6) is 0. The van der Waals surface area contributed by atoms with Crippen molar-refractivity contribution in [2.75, 3.05) is 0 Å². The van der Waals surface area contributed by atoms with Crippen molar-refractivity contribution in [3.8, 4) is 0 Å². The third-order valence-electron chi connectivity index (χ3n) is 2.02. The molecule has 2 N–H and O–H groups in total. The smallest absolute Gasteiger partial charge is 0.272 e. The number of nitrogens with zero attached hydrogens (tertiary/aromatic N) is 1. The maximum atomic E-state index is 12.2. The van der Waals surface area contributed by atoms with E-state index in [-0.39, 0.29) is 22.7 Å². The van der Waals surface area contributed by atoms with E-state index in [1.54, 1.807) is 0 Å². The van der Waals surface area contributed by atoms with Crippen LogP contribution < -0.4 is 5.73 Å². The van der Waals surface area contributed by atoms with Crippen LogP contribution in [0.25, 0.3) is 0 Å². The molecular formula is C9H9ClF2N2O2. The maximum absolute atomic E-state index is 12.2. The van der Waals surface area contributed by atoms with Crippen molar-refractivity contribution in [1.29, 1.82) is 0 Å². The average Bonchev–Trinajstić information content (AvgIpc) is 2.16. The number of hydrogen-bond acceptors (Lipinski definition) is 3. The molecule has 16 heavy (non-hydrogen) atoms. The normalized spacial score (nSPS) is 12.8. The molecule has 0 aliphatic rings. The zero-order valence-electron chi connectivity index (χ0n) is 8.07. The lowest BCUT2D eigenvalue weighted by molar-refractivity contribution is -0.385. The number of nitro groups is 1. The quantitative estimate of drug-likeness (QED) is 0.659. The molecule has 0 fully saturated rings. The van der Waals surface area contributed by atoms with Gasteiger partial charge in [0.25, 0.3) is 12.1 Å². The highest BCUT2D eigenvalue weighted by atomic mass is 35.5. The molecule has 0 bridgehead atoms. The van der Waals surface area contributed by atoms with Gasteiger partial charge in [-0.1, -0.05) is 11.6 Å². The van der Waals surface area contributed by atoms with Gasteiger partial charge in [0.05, 0.1) is 11.0 Å². The summed E-state index contributed by atoms with van der Waals surface area (Å²) in [6, 6.07) is 2.35. The molecule has 88 valence electrons. The molecule has 0 radical (unpaired) electrons. The lowest BCUT2D eigenvalue weighted by Crippen LogP contribution is -2.31. The van der Waals surface area contributed by atoms with Crippen molar-refractivity contribution < 1.29 is 13.7 Å². The van der Waals surface area contributed by atoms with Gasteiger partial charge in [-0.05, 0) is 18.6 Å². The van der Waals surface area contributed by atoms with E-state index < -0.39 is 17.4 Å². The van der Waals surface area contributed by atoms with Crippen LogP contribution in [0.1, 0.15) is 5.56 Å². The number of alkyl halides is 2. The summed E-state index contributed by atoms with van der Waals surface area (Å²) in [6.45, 7) is 0. The second-order valence-electron chi connectivity index (χ2n) is 3.23. The Morgan fingerprint density at radius 1 is 1.50 bits per heavy atom. The number of nitro benzene ring substituents is 1. The topological polar surface area (TPSA) is 69.2 Å². The molecule has 1 aromatic rings. The van der Waals surface area contributed by atoms with Gasteiger partial charge in [-0.3, -0.25) is 10.1 Å². The Bertz CT molecular complexity index is 401. The van der Waals surface area contributed by atoms with Crippen LogP contribution in [0.5, 0.6) is 0 Å². The summed E-state index contributed by atoms with van der Waals surface area (Å²) in [4.78, 5) is 9.97. The number of nitrogens with two attached hydrogens (primary N) is 1. The van der Waals surface area contributed by atoms with Crippen LogP contribution in [0.15, 0.2) is 18.2 Å². The molecule has 4 nitrogen and oxygen atoms in total. The molecular weight excluding hydrogens is 242 g/mol. The fourth-order valence-corrected chi connectivity index (χ4v) is 1.43. The van der Waals surface area contributed by atoms with Crippen molar-refractivity contribution in [2.24, 2.45) is 5.73 Å². The molecule has 0 saturated heterocycles. The van der Waals surface area contributed by atoms with Gasteiger partial charge in [0.1, 0.15) is 0 Å². The molecule has 1 unspecified atom stereocenters. The van der Waals surface area contributed by atoms with E-state index in [1.807, 2.05) is 0 Å². The molecule has 0 aromatic heterocycles. The molecule has 0 heterocycles. The minimum Gasteiger partial charge on any atom is -0.323 e. The third-order valence-corrected chi connectivity index (χ3v) is 2.25. The first-order valence-corrected chi connectivity index (χ1v) is 4.76. The highest BCUT2D eigenvalue weighted by Gasteiger charge is 2.21. The number of hydrogen-bond donors (Lipinski definition) is 1. The SMILES string of the molecule is NC(Cc1cc(Cl)ccc1[N+](=O)[O-])C(F)F. The third kappa shape index (κ3) is 3.11. The fraction of sp³-hybridized carbons (Fsp3) is 0.333. The second kappa shape index (κ2) is 5.18. The summed E-state index contributed by atoms with van der Waals surface area (Å²) in [5, 5.41) is 10.9. The maximum Gasteiger partial charge on any atom is 0.272 e. The van der Waals surface area contributed by atoms with Crippen molar-refractivity contribution in [3.05, 3.63) is 38.9 Å². The van der Waals surface area contributed by atoms with Crippen molar-refractivity contribution in [2.45, 2.75) is 18.9 Å². The summed E-state index contributed by atoms with van der Waals surface area (Å²) in [7, 11) is 0. The Labute approximate surface area is 95.2 Å². The number of halogens is 3. The largest absolute Gasteiger partial charge is 0.323 e. The monoisotopic (exact) mass is 250 g/mol. The first-order chi connectivity index (χ1) is 7.41. The van der Waals surface area contributed by atoms with Gasteiger partial charge in [0, 0.05) is 16.7 Å². The highest BCUT2D eigenvalue weighted by Crippen LogP contribution is 2.24. The van der Waals surface area contributed by atoms with Crippen LogP contribution in [0.4, 0.5) is 14.5 Å². The van der Waals surface area contributed by atoms with Crippen LogP contribution in [-0.2, 0) is 6.42 Å². The van der Waals surface area contributed by atoms with Crippen LogP contribution in [0, 0.1) is 10.1 Å². The fourth-order valence-electron chi connectivity index (χ4n) is 1.24. The van der Waals surface area contributed by atoms with E-state index in [0.717, 1.165) is 0 Å². The van der Waals surface area contributed by atoms with E-state index >= 15 is 0 Å². The Kier molecular flexibility index (Phi) is 4.14. The van der Waals surface area contributed by atoms with Gasteiger partial charge in [-0.15, -0.1) is 0 Å². The molecule has 1 aromatic carbocycles. The molecule has 1 rings (SSSR count). The Morgan fingerprint density at radius 3 is 2.62 bits per heavy atom. The molecule has 0 spiro atoms. The Morgan fingerprint density at radius 2 is 2.12 bits per heavy atom. The van der Waals surface area contributed by atoms with Crippen molar-refractivity contribution in [3.63, 3.8) is 0 Å². The lowest BCUT2D eigenvalue weighted by Gasteiger charge is -2.10. The van der Waals surface area contributed by atoms with Crippen molar-refractivity contribution >= 4 is 17.3 Å². The zero-order valence-corrected chi connectivity index (χ0v) is 8.82. The first-order valence-electron chi connectivity index (χ1n) is 4.38. The van der Waals surface area contributed by atoms with Gasteiger partial charge in [0.2, 0.25) is 0 Å². The van der Waals surface area contributed by atoms with E-state index in [4.69, 9.17) is 17.3 Å². The molecule has 0 amide bonds. The van der Waals surface area contributed by atoms with E-state index in [2.05, 4.69) is 0 Å². The summed E-state index contributed by atoms with van der Waals surface area (Å²) in [6.07, 6.45) is -3.01. The minimum atomic E-state index is -2.72. The minimum absolute atomic E-state index is 0.116. The van der Waals surface area contributed by atoms with E-state index in [1.165, 1.54) is 18.2 Å². The van der Waals surface area contributed by atoms with Crippen LogP contribution in [-0.4, -0.2) is 17.4 Å². The molecule has 0 saturated carbocycles.